The van der Waals surface area contributed by atoms with Gasteiger partial charge >= 0.3 is 0 Å². The number of nitrogens with zero attached hydrogens (tertiary/aromatic N) is 2. The minimum Gasteiger partial charge on any atom is -0.389 e. The number of hydrogen-bond acceptors (Lipinski definition) is 7. The number of halogens is 1. The molecule has 1 aromatic carbocycles. The highest BCUT2D eigenvalue weighted by Crippen LogP contribution is 2.24. The number of aromatic nitrogens is 2. The van der Waals surface area contributed by atoms with Gasteiger partial charge < -0.3 is 20.5 Å². The number of hydrogen-bond donors (Lipinski definition) is 3. The fourth-order valence-electron chi connectivity index (χ4n) is 4.33. The third-order valence-electron chi connectivity index (χ3n) is 6.10. The molecule has 3 aromatic rings. The van der Waals surface area contributed by atoms with Gasteiger partial charge in [-0.2, -0.15) is 0 Å². The van der Waals surface area contributed by atoms with Crippen LogP contribution in [0.5, 0.6) is 0 Å². The maximum atomic E-state index is 13.0. The Bertz CT molecular complexity index is 1090. The van der Waals surface area contributed by atoms with Gasteiger partial charge in [-0.1, -0.05) is 24.3 Å². The Hall–Kier alpha value is -2.36. The number of pyridine rings is 1. The lowest BCUT2D eigenvalue weighted by Crippen LogP contribution is -2.49. The SMILES string of the molecule is Cl.O=C(NC1CCOCC1O)c1cc(Cc2ccc(-c3cscn3)cc2)c2c(n1)CNCC2. The summed E-state index contributed by atoms with van der Waals surface area (Å²) in [7, 11) is 0. The van der Waals surface area contributed by atoms with Crippen molar-refractivity contribution >= 4 is 29.7 Å². The van der Waals surface area contributed by atoms with Crippen LogP contribution >= 0.6 is 23.7 Å². The summed E-state index contributed by atoms with van der Waals surface area (Å²) in [6.45, 7) is 2.34. The van der Waals surface area contributed by atoms with Gasteiger partial charge in [-0.15, -0.1) is 23.7 Å². The molecule has 1 amide bonds. The number of carbonyl (C=O) groups is 1. The van der Waals surface area contributed by atoms with Crippen molar-refractivity contribution < 1.29 is 14.6 Å². The predicted molar refractivity (Wildman–Crippen MR) is 130 cm³/mol. The third-order valence-corrected chi connectivity index (χ3v) is 6.69. The summed E-state index contributed by atoms with van der Waals surface area (Å²) >= 11 is 1.59. The molecule has 0 saturated carbocycles. The van der Waals surface area contributed by atoms with Crippen LogP contribution in [0.4, 0.5) is 0 Å². The van der Waals surface area contributed by atoms with E-state index in [0.29, 0.717) is 25.3 Å². The van der Waals surface area contributed by atoms with Gasteiger partial charge in [-0.25, -0.2) is 9.97 Å². The van der Waals surface area contributed by atoms with Crippen LogP contribution in [0.25, 0.3) is 11.3 Å². The van der Waals surface area contributed by atoms with Crippen LogP contribution in [0.2, 0.25) is 0 Å². The summed E-state index contributed by atoms with van der Waals surface area (Å²) in [6, 6.07) is 10.1. The van der Waals surface area contributed by atoms with Crippen LogP contribution in [0.1, 0.15) is 39.3 Å². The lowest BCUT2D eigenvalue weighted by molar-refractivity contribution is -0.0261. The summed E-state index contributed by atoms with van der Waals surface area (Å²) in [4.78, 5) is 22.0. The van der Waals surface area contributed by atoms with Gasteiger partial charge in [0.15, 0.2) is 0 Å². The second-order valence-electron chi connectivity index (χ2n) is 8.28. The van der Waals surface area contributed by atoms with Gasteiger partial charge in [0, 0.05) is 24.1 Å². The van der Waals surface area contributed by atoms with Crippen LogP contribution < -0.4 is 10.6 Å². The zero-order valence-electron chi connectivity index (χ0n) is 18.1. The zero-order chi connectivity index (χ0) is 21.9. The van der Waals surface area contributed by atoms with Crippen molar-refractivity contribution in [3.63, 3.8) is 0 Å². The summed E-state index contributed by atoms with van der Waals surface area (Å²) in [5, 5.41) is 18.5. The zero-order valence-corrected chi connectivity index (χ0v) is 19.8. The van der Waals surface area contributed by atoms with E-state index in [1.807, 2.05) is 17.0 Å². The van der Waals surface area contributed by atoms with Crippen molar-refractivity contribution in [1.82, 2.24) is 20.6 Å². The number of amides is 1. The average molecular weight is 487 g/mol. The third kappa shape index (κ3) is 5.42. The van der Waals surface area contributed by atoms with E-state index in [9.17, 15) is 9.90 Å². The number of fused-ring (bicyclic) bond motifs is 1. The Labute approximate surface area is 203 Å². The van der Waals surface area contributed by atoms with E-state index in [1.54, 1.807) is 11.3 Å². The maximum Gasteiger partial charge on any atom is 0.270 e. The minimum atomic E-state index is -0.692. The van der Waals surface area contributed by atoms with E-state index >= 15 is 0 Å². The fraction of sp³-hybridized carbons (Fsp3) is 0.375. The molecule has 9 heteroatoms. The molecule has 1 saturated heterocycles. The van der Waals surface area contributed by atoms with Gasteiger partial charge in [0.2, 0.25) is 0 Å². The first-order valence-corrected chi connectivity index (χ1v) is 11.9. The number of ether oxygens (including phenoxy) is 1. The first-order chi connectivity index (χ1) is 15.7. The molecule has 7 nitrogen and oxygen atoms in total. The average Bonchev–Trinajstić information content (AvgIpc) is 3.36. The Balaban J connectivity index is 0.00000259. The highest BCUT2D eigenvalue weighted by molar-refractivity contribution is 7.07. The molecule has 0 aliphatic carbocycles. The number of thiazole rings is 1. The van der Waals surface area contributed by atoms with Crippen LogP contribution in [-0.2, 0) is 24.1 Å². The number of aliphatic hydroxyl groups is 1. The quantitative estimate of drug-likeness (QED) is 0.513. The molecule has 0 radical (unpaired) electrons. The van der Waals surface area contributed by atoms with Crippen molar-refractivity contribution in [3.05, 3.63) is 69.3 Å². The first-order valence-electron chi connectivity index (χ1n) is 10.9. The highest BCUT2D eigenvalue weighted by Gasteiger charge is 2.27. The lowest BCUT2D eigenvalue weighted by Gasteiger charge is -2.28. The van der Waals surface area contributed by atoms with Crippen LogP contribution in [0.15, 0.2) is 41.2 Å². The molecular formula is C24H27ClN4O3S. The number of aliphatic hydroxyl groups excluding tert-OH is 1. The molecule has 2 atom stereocenters. The molecule has 5 rings (SSSR count). The van der Waals surface area contributed by atoms with Gasteiger partial charge in [0.05, 0.1) is 35.7 Å². The molecule has 4 heterocycles. The van der Waals surface area contributed by atoms with E-state index in [0.717, 1.165) is 41.9 Å². The Morgan fingerprint density at radius 3 is 2.91 bits per heavy atom. The number of carbonyl (C=O) groups excluding carboxylic acids is 1. The van der Waals surface area contributed by atoms with Gasteiger partial charge in [-0.3, -0.25) is 4.79 Å². The molecule has 2 aliphatic rings. The second-order valence-corrected chi connectivity index (χ2v) is 9.00. The molecule has 0 spiro atoms. The van der Waals surface area contributed by atoms with Crippen molar-refractivity contribution in [2.24, 2.45) is 0 Å². The minimum absolute atomic E-state index is 0. The van der Waals surface area contributed by atoms with E-state index in [2.05, 4.69) is 44.9 Å². The molecule has 2 unspecified atom stereocenters. The highest BCUT2D eigenvalue weighted by atomic mass is 35.5. The summed E-state index contributed by atoms with van der Waals surface area (Å²) in [5.41, 5.74) is 8.82. The molecule has 3 N–H and O–H groups in total. The van der Waals surface area contributed by atoms with Crippen LogP contribution in [-0.4, -0.2) is 52.9 Å². The van der Waals surface area contributed by atoms with Crippen LogP contribution in [0.3, 0.4) is 0 Å². The summed E-state index contributed by atoms with van der Waals surface area (Å²) < 4.78 is 5.26. The summed E-state index contributed by atoms with van der Waals surface area (Å²) in [6.07, 6.45) is 1.54. The molecule has 1 fully saturated rings. The molecular weight excluding hydrogens is 460 g/mol. The molecule has 0 bridgehead atoms. The fourth-order valence-corrected chi connectivity index (χ4v) is 4.89. The van der Waals surface area contributed by atoms with Crippen molar-refractivity contribution in [3.8, 4) is 11.3 Å². The van der Waals surface area contributed by atoms with Crippen molar-refractivity contribution in [2.45, 2.75) is 38.0 Å². The van der Waals surface area contributed by atoms with Crippen LogP contribution in [0, 0.1) is 0 Å². The molecule has 2 aliphatic heterocycles. The number of nitrogens with one attached hydrogen (secondary N) is 2. The van der Waals surface area contributed by atoms with Gasteiger partial charge in [-0.05, 0) is 48.6 Å². The van der Waals surface area contributed by atoms with E-state index in [4.69, 9.17) is 4.74 Å². The van der Waals surface area contributed by atoms with E-state index in [1.165, 1.54) is 11.1 Å². The standard InChI is InChI=1S/C24H26N4O3S.ClH/c29-23-12-31-8-6-19(23)28-24(30)20-10-17(18-5-7-25-11-21(18)27-20)9-15-1-3-16(4-2-15)22-13-32-14-26-22;/h1-4,10,13-14,19,23,25,29H,5-9,11-12H2,(H,28,30);1H. The van der Waals surface area contributed by atoms with E-state index < -0.39 is 6.10 Å². The Morgan fingerprint density at radius 1 is 1.30 bits per heavy atom. The summed E-state index contributed by atoms with van der Waals surface area (Å²) in [5.74, 6) is -0.246. The smallest absolute Gasteiger partial charge is 0.270 e. The molecule has 174 valence electrons. The van der Waals surface area contributed by atoms with Crippen molar-refractivity contribution in [1.29, 1.82) is 0 Å². The Morgan fingerprint density at radius 2 is 2.15 bits per heavy atom. The van der Waals surface area contributed by atoms with Crippen molar-refractivity contribution in [2.75, 3.05) is 19.8 Å². The monoisotopic (exact) mass is 486 g/mol. The normalized spacial score (nSPS) is 19.9. The predicted octanol–water partition coefficient (Wildman–Crippen LogP) is 2.74. The second kappa shape index (κ2) is 10.7. The molecule has 2 aromatic heterocycles. The van der Waals surface area contributed by atoms with E-state index in [-0.39, 0.29) is 31.0 Å². The molecule has 33 heavy (non-hydrogen) atoms. The first kappa shape index (κ1) is 23.8. The topological polar surface area (TPSA) is 96.4 Å². The Kier molecular flexibility index (Phi) is 7.72. The maximum absolute atomic E-state index is 13.0. The van der Waals surface area contributed by atoms with Gasteiger partial charge in [0.1, 0.15) is 5.69 Å². The number of rotatable bonds is 5. The van der Waals surface area contributed by atoms with Gasteiger partial charge in [0.25, 0.3) is 5.91 Å². The lowest BCUT2D eigenvalue weighted by atomic mass is 9.93. The number of benzene rings is 1. The largest absolute Gasteiger partial charge is 0.389 e.